The highest BCUT2D eigenvalue weighted by atomic mass is 19.1. The van der Waals surface area contributed by atoms with Crippen molar-refractivity contribution < 1.29 is 13.9 Å². The van der Waals surface area contributed by atoms with Crippen molar-refractivity contribution in [3.05, 3.63) is 24.3 Å². The van der Waals surface area contributed by atoms with Crippen LogP contribution in [0.15, 0.2) is 18.5 Å². The molecular weight excluding hydrogens is 339 g/mol. The number of aromatic nitrogens is 4. The number of anilines is 2. The molecule has 9 heteroatoms. The largest absolute Gasteiger partial charge is 0.383 e. The van der Waals surface area contributed by atoms with Crippen LogP contribution in [0.4, 0.5) is 16.3 Å². The first-order valence-corrected chi connectivity index (χ1v) is 8.65. The molecule has 140 valence electrons. The number of likely N-dealkylation sites (N-methyl/N-ethyl adjacent to an activating group) is 1. The molecule has 0 amide bonds. The molecule has 0 bridgehead atoms. The molecule has 0 aromatic carbocycles. The third kappa shape index (κ3) is 4.23. The summed E-state index contributed by atoms with van der Waals surface area (Å²) in [6, 6.07) is 1.57. The van der Waals surface area contributed by atoms with Gasteiger partial charge in [0.2, 0.25) is 11.9 Å². The molecule has 0 spiro atoms. The first-order chi connectivity index (χ1) is 12.7. The van der Waals surface area contributed by atoms with Crippen molar-refractivity contribution in [3.8, 4) is 11.4 Å². The quantitative estimate of drug-likeness (QED) is 0.731. The van der Waals surface area contributed by atoms with Crippen molar-refractivity contribution in [1.29, 1.82) is 0 Å². The fourth-order valence-corrected chi connectivity index (χ4v) is 2.68. The van der Waals surface area contributed by atoms with E-state index in [2.05, 4.69) is 19.9 Å². The molecule has 2 aromatic rings. The molecule has 26 heavy (non-hydrogen) atoms. The van der Waals surface area contributed by atoms with Crippen molar-refractivity contribution in [3.63, 3.8) is 0 Å². The number of hydrogen-bond acceptors (Lipinski definition) is 8. The Labute approximate surface area is 152 Å². The number of ether oxygens (including phenoxy) is 2. The lowest BCUT2D eigenvalue weighted by molar-refractivity contribution is 0.122. The summed E-state index contributed by atoms with van der Waals surface area (Å²) in [4.78, 5) is 21.4. The van der Waals surface area contributed by atoms with Gasteiger partial charge in [0.25, 0.3) is 0 Å². The van der Waals surface area contributed by atoms with Crippen molar-refractivity contribution in [2.24, 2.45) is 0 Å². The van der Waals surface area contributed by atoms with E-state index < -0.39 is 5.82 Å². The van der Waals surface area contributed by atoms with Gasteiger partial charge >= 0.3 is 0 Å². The number of halogens is 1. The molecule has 1 aliphatic heterocycles. The number of rotatable bonds is 7. The average Bonchev–Trinajstić information content (AvgIpc) is 2.69. The zero-order valence-electron chi connectivity index (χ0n) is 15.1. The van der Waals surface area contributed by atoms with Crippen LogP contribution >= 0.6 is 0 Å². The van der Waals surface area contributed by atoms with Crippen LogP contribution in [0, 0.1) is 5.82 Å². The summed E-state index contributed by atoms with van der Waals surface area (Å²) in [5, 5.41) is 0. The first kappa shape index (κ1) is 18.4. The van der Waals surface area contributed by atoms with E-state index in [4.69, 9.17) is 9.47 Å². The van der Waals surface area contributed by atoms with E-state index in [1.807, 2.05) is 16.7 Å². The van der Waals surface area contributed by atoms with Crippen LogP contribution < -0.4 is 9.80 Å². The number of methoxy groups -OCH3 is 1. The van der Waals surface area contributed by atoms with Crippen molar-refractivity contribution in [1.82, 2.24) is 19.9 Å². The third-order valence-electron chi connectivity index (χ3n) is 4.15. The Hall–Kier alpha value is -2.39. The summed E-state index contributed by atoms with van der Waals surface area (Å²) in [5.41, 5.74) is 0.306. The summed E-state index contributed by atoms with van der Waals surface area (Å²) < 4.78 is 24.8. The molecule has 8 nitrogen and oxygen atoms in total. The normalized spacial score (nSPS) is 14.5. The van der Waals surface area contributed by atoms with Gasteiger partial charge in [-0.2, -0.15) is 15.0 Å². The van der Waals surface area contributed by atoms with Crippen LogP contribution in [-0.2, 0) is 9.47 Å². The Morgan fingerprint density at radius 2 is 2.08 bits per heavy atom. The van der Waals surface area contributed by atoms with Gasteiger partial charge in [0, 0.05) is 39.5 Å². The SMILES string of the molecule is CCN(CCOC)c1nc(-c2ccncc2F)nc(N2CCOCC2)n1. The van der Waals surface area contributed by atoms with Crippen LogP contribution in [0.5, 0.6) is 0 Å². The Balaban J connectivity index is 2.02. The second kappa shape index (κ2) is 8.81. The lowest BCUT2D eigenvalue weighted by Crippen LogP contribution is -2.38. The molecule has 1 saturated heterocycles. The maximum atomic E-state index is 14.2. The van der Waals surface area contributed by atoms with E-state index in [1.165, 1.54) is 6.20 Å². The molecule has 0 radical (unpaired) electrons. The van der Waals surface area contributed by atoms with Gasteiger partial charge in [-0.1, -0.05) is 0 Å². The van der Waals surface area contributed by atoms with Gasteiger partial charge in [-0.3, -0.25) is 4.98 Å². The molecule has 0 N–H and O–H groups in total. The zero-order chi connectivity index (χ0) is 18.4. The number of hydrogen-bond donors (Lipinski definition) is 0. The standard InChI is InChI=1S/C17H23FN6O2/c1-3-23(6-9-25-2)16-20-15(13-4-5-19-12-14(13)18)21-17(22-16)24-7-10-26-11-8-24/h4-5,12H,3,6-11H2,1-2H3. The summed E-state index contributed by atoms with van der Waals surface area (Å²) in [5.74, 6) is 0.873. The Bertz CT molecular complexity index is 726. The smallest absolute Gasteiger partial charge is 0.230 e. The maximum absolute atomic E-state index is 14.2. The number of morpholine rings is 1. The summed E-state index contributed by atoms with van der Waals surface area (Å²) in [6.07, 6.45) is 2.69. The van der Waals surface area contributed by atoms with Crippen molar-refractivity contribution in [2.75, 3.05) is 62.9 Å². The molecule has 0 saturated carbocycles. The van der Waals surface area contributed by atoms with Crippen LogP contribution in [-0.4, -0.2) is 73.0 Å². The third-order valence-corrected chi connectivity index (χ3v) is 4.15. The molecule has 3 rings (SSSR count). The highest BCUT2D eigenvalue weighted by Crippen LogP contribution is 2.23. The van der Waals surface area contributed by atoms with Crippen molar-refractivity contribution >= 4 is 11.9 Å². The summed E-state index contributed by atoms with van der Waals surface area (Å²) in [6.45, 7) is 6.50. The molecule has 0 unspecified atom stereocenters. The maximum Gasteiger partial charge on any atom is 0.230 e. The average molecular weight is 362 g/mol. The molecule has 0 aliphatic carbocycles. The van der Waals surface area contributed by atoms with Crippen LogP contribution in [0.1, 0.15) is 6.92 Å². The fraction of sp³-hybridized carbons (Fsp3) is 0.529. The zero-order valence-corrected chi connectivity index (χ0v) is 15.1. The first-order valence-electron chi connectivity index (χ1n) is 8.65. The van der Waals surface area contributed by atoms with E-state index in [0.29, 0.717) is 69.3 Å². The highest BCUT2D eigenvalue weighted by molar-refractivity contribution is 5.58. The Kier molecular flexibility index (Phi) is 6.24. The van der Waals surface area contributed by atoms with Crippen LogP contribution in [0.3, 0.4) is 0 Å². The van der Waals surface area contributed by atoms with Crippen molar-refractivity contribution in [2.45, 2.75) is 6.92 Å². The van der Waals surface area contributed by atoms with Crippen LogP contribution in [0.2, 0.25) is 0 Å². The van der Waals surface area contributed by atoms with E-state index in [9.17, 15) is 4.39 Å². The minimum absolute atomic E-state index is 0.298. The van der Waals surface area contributed by atoms with E-state index >= 15 is 0 Å². The second-order valence-corrected chi connectivity index (χ2v) is 5.79. The monoisotopic (exact) mass is 362 g/mol. The molecular formula is C17H23FN6O2. The summed E-state index contributed by atoms with van der Waals surface area (Å²) >= 11 is 0. The molecule has 3 heterocycles. The number of nitrogens with zero attached hydrogens (tertiary/aromatic N) is 6. The fourth-order valence-electron chi connectivity index (χ4n) is 2.68. The topological polar surface area (TPSA) is 76.5 Å². The molecule has 2 aromatic heterocycles. The van der Waals surface area contributed by atoms with Crippen LogP contribution in [0.25, 0.3) is 11.4 Å². The lowest BCUT2D eigenvalue weighted by Gasteiger charge is -2.28. The van der Waals surface area contributed by atoms with Gasteiger partial charge in [-0.05, 0) is 13.0 Å². The van der Waals surface area contributed by atoms with E-state index in [1.54, 1.807) is 13.2 Å². The van der Waals surface area contributed by atoms with Gasteiger partial charge in [-0.25, -0.2) is 4.39 Å². The van der Waals surface area contributed by atoms with Gasteiger partial charge in [0.05, 0.1) is 31.6 Å². The minimum atomic E-state index is -0.461. The van der Waals surface area contributed by atoms with Gasteiger partial charge in [-0.15, -0.1) is 0 Å². The van der Waals surface area contributed by atoms with Gasteiger partial charge < -0.3 is 19.3 Å². The van der Waals surface area contributed by atoms with E-state index in [0.717, 1.165) is 6.20 Å². The Morgan fingerprint density at radius 3 is 2.77 bits per heavy atom. The predicted molar refractivity (Wildman–Crippen MR) is 95.8 cm³/mol. The summed E-state index contributed by atoms with van der Waals surface area (Å²) in [7, 11) is 1.65. The van der Waals surface area contributed by atoms with E-state index in [-0.39, 0.29) is 0 Å². The molecule has 1 aliphatic rings. The lowest BCUT2D eigenvalue weighted by atomic mass is 10.2. The molecule has 0 atom stereocenters. The number of pyridine rings is 1. The highest BCUT2D eigenvalue weighted by Gasteiger charge is 2.20. The Morgan fingerprint density at radius 1 is 1.27 bits per heavy atom. The van der Waals surface area contributed by atoms with Gasteiger partial charge in [0.15, 0.2) is 11.6 Å². The predicted octanol–water partition coefficient (Wildman–Crippen LogP) is 1.38. The second-order valence-electron chi connectivity index (χ2n) is 5.79. The molecule has 1 fully saturated rings. The minimum Gasteiger partial charge on any atom is -0.383 e. The van der Waals surface area contributed by atoms with Gasteiger partial charge in [0.1, 0.15) is 0 Å².